The summed E-state index contributed by atoms with van der Waals surface area (Å²) >= 11 is 6.20. The molecule has 0 aliphatic carbocycles. The lowest BCUT2D eigenvalue weighted by atomic mass is 10.1. The fraction of sp³-hybridized carbons (Fsp3) is 0.533. The predicted octanol–water partition coefficient (Wildman–Crippen LogP) is 3.08. The van der Waals surface area contributed by atoms with Crippen molar-refractivity contribution in [1.82, 2.24) is 4.90 Å². The number of hydrogen-bond donors (Lipinski definition) is 0. The van der Waals surface area contributed by atoms with Crippen molar-refractivity contribution in [2.75, 3.05) is 26.7 Å². The maximum absolute atomic E-state index is 8.94. The second-order valence-electron chi connectivity index (χ2n) is 4.85. The Hall–Kier alpha value is -1.44. The highest BCUT2D eigenvalue weighted by Crippen LogP contribution is 2.37. The van der Waals surface area contributed by atoms with Gasteiger partial charge in [0.15, 0.2) is 11.5 Å². The Morgan fingerprint density at radius 1 is 1.40 bits per heavy atom. The highest BCUT2D eigenvalue weighted by Gasteiger charge is 2.22. The highest BCUT2D eigenvalue weighted by atomic mass is 35.5. The lowest BCUT2D eigenvalue weighted by molar-refractivity contribution is 0.101. The first-order valence-electron chi connectivity index (χ1n) is 6.84. The van der Waals surface area contributed by atoms with Gasteiger partial charge in [-0.3, -0.25) is 0 Å². The van der Waals surface area contributed by atoms with Crippen molar-refractivity contribution in [1.29, 1.82) is 5.26 Å². The van der Waals surface area contributed by atoms with Gasteiger partial charge in [0.1, 0.15) is 6.10 Å². The van der Waals surface area contributed by atoms with E-state index in [1.807, 2.05) is 0 Å². The van der Waals surface area contributed by atoms with Gasteiger partial charge in [0, 0.05) is 19.2 Å². The van der Waals surface area contributed by atoms with Gasteiger partial charge in [0.25, 0.3) is 0 Å². The summed E-state index contributed by atoms with van der Waals surface area (Å²) in [7, 11) is 1.55. The van der Waals surface area contributed by atoms with E-state index in [2.05, 4.69) is 17.9 Å². The van der Waals surface area contributed by atoms with E-state index in [4.69, 9.17) is 26.3 Å². The molecular weight excluding hydrogens is 276 g/mol. The van der Waals surface area contributed by atoms with E-state index in [0.29, 0.717) is 22.1 Å². The molecule has 0 bridgehead atoms. The first-order valence-corrected chi connectivity index (χ1v) is 7.22. The summed E-state index contributed by atoms with van der Waals surface area (Å²) in [4.78, 5) is 2.40. The van der Waals surface area contributed by atoms with Crippen LogP contribution < -0.4 is 9.47 Å². The Morgan fingerprint density at radius 3 is 2.65 bits per heavy atom. The van der Waals surface area contributed by atoms with Crippen LogP contribution in [0.25, 0.3) is 0 Å². The molecule has 0 aromatic heterocycles. The second-order valence-corrected chi connectivity index (χ2v) is 5.26. The molecule has 0 spiro atoms. The number of methoxy groups -OCH3 is 1. The molecular formula is C15H19ClN2O2. The summed E-state index contributed by atoms with van der Waals surface area (Å²) in [6.45, 7) is 5.32. The Morgan fingerprint density at radius 2 is 2.10 bits per heavy atom. The van der Waals surface area contributed by atoms with Crippen molar-refractivity contribution in [3.63, 3.8) is 0 Å². The summed E-state index contributed by atoms with van der Waals surface area (Å²) in [5, 5.41) is 9.37. The molecule has 5 heteroatoms. The molecule has 2 rings (SSSR count). The van der Waals surface area contributed by atoms with Crippen LogP contribution in [0.3, 0.4) is 0 Å². The van der Waals surface area contributed by atoms with E-state index in [1.54, 1.807) is 19.2 Å². The van der Waals surface area contributed by atoms with E-state index in [9.17, 15) is 0 Å². The molecule has 0 N–H and O–H groups in total. The molecule has 1 aliphatic rings. The number of nitriles is 1. The Balaban J connectivity index is 2.12. The van der Waals surface area contributed by atoms with Gasteiger partial charge in [-0.2, -0.15) is 5.26 Å². The van der Waals surface area contributed by atoms with Crippen molar-refractivity contribution < 1.29 is 9.47 Å². The molecule has 20 heavy (non-hydrogen) atoms. The zero-order valence-electron chi connectivity index (χ0n) is 11.9. The fourth-order valence-electron chi connectivity index (χ4n) is 2.41. The van der Waals surface area contributed by atoms with Crippen LogP contribution in [0.2, 0.25) is 5.02 Å². The molecule has 1 aromatic rings. The third-order valence-corrected chi connectivity index (χ3v) is 3.91. The van der Waals surface area contributed by atoms with Gasteiger partial charge in [-0.05, 0) is 25.5 Å². The number of nitrogens with zero attached hydrogens (tertiary/aromatic N) is 2. The van der Waals surface area contributed by atoms with Crippen LogP contribution in [0.1, 0.15) is 25.3 Å². The first-order chi connectivity index (χ1) is 9.67. The van der Waals surface area contributed by atoms with Crippen LogP contribution >= 0.6 is 11.6 Å². The van der Waals surface area contributed by atoms with Crippen molar-refractivity contribution in [3.05, 3.63) is 22.7 Å². The summed E-state index contributed by atoms with van der Waals surface area (Å²) < 4.78 is 11.3. The Labute approximate surface area is 124 Å². The summed E-state index contributed by atoms with van der Waals surface area (Å²) in [6.07, 6.45) is 2.11. The smallest absolute Gasteiger partial charge is 0.180 e. The maximum atomic E-state index is 8.94. The monoisotopic (exact) mass is 294 g/mol. The Kier molecular flexibility index (Phi) is 5.11. The van der Waals surface area contributed by atoms with Crippen LogP contribution in [0.15, 0.2) is 12.1 Å². The zero-order valence-corrected chi connectivity index (χ0v) is 12.6. The number of rotatable bonds is 4. The van der Waals surface area contributed by atoms with Gasteiger partial charge >= 0.3 is 0 Å². The normalized spacial score (nSPS) is 16.7. The molecule has 0 radical (unpaired) electrons. The van der Waals surface area contributed by atoms with Crippen molar-refractivity contribution in [2.24, 2.45) is 0 Å². The van der Waals surface area contributed by atoms with E-state index in [0.717, 1.165) is 32.5 Å². The van der Waals surface area contributed by atoms with Gasteiger partial charge < -0.3 is 14.4 Å². The van der Waals surface area contributed by atoms with E-state index in [1.165, 1.54) is 0 Å². The SMILES string of the molecule is CCN1CCC(Oc2c(Cl)cc(C#N)cc2OC)CC1. The summed E-state index contributed by atoms with van der Waals surface area (Å²) in [6, 6.07) is 5.33. The number of ether oxygens (including phenoxy) is 2. The van der Waals surface area contributed by atoms with Crippen molar-refractivity contribution in [2.45, 2.75) is 25.9 Å². The third-order valence-electron chi connectivity index (χ3n) is 3.62. The topological polar surface area (TPSA) is 45.5 Å². The van der Waals surface area contributed by atoms with Crippen LogP contribution in [0.4, 0.5) is 0 Å². The Bertz CT molecular complexity index is 505. The van der Waals surface area contributed by atoms with Crippen LogP contribution in [-0.2, 0) is 0 Å². The number of hydrogen-bond acceptors (Lipinski definition) is 4. The molecule has 1 saturated heterocycles. The lowest BCUT2D eigenvalue weighted by Gasteiger charge is -2.31. The molecule has 1 heterocycles. The van der Waals surface area contributed by atoms with Crippen LogP contribution in [-0.4, -0.2) is 37.7 Å². The van der Waals surface area contributed by atoms with Gasteiger partial charge in [-0.25, -0.2) is 0 Å². The fourth-order valence-corrected chi connectivity index (χ4v) is 2.66. The predicted molar refractivity (Wildman–Crippen MR) is 78.5 cm³/mol. The minimum Gasteiger partial charge on any atom is -0.493 e. The largest absolute Gasteiger partial charge is 0.493 e. The number of piperidine rings is 1. The molecule has 1 aromatic carbocycles. The maximum Gasteiger partial charge on any atom is 0.180 e. The number of halogens is 1. The summed E-state index contributed by atoms with van der Waals surface area (Å²) in [5.74, 6) is 1.06. The third kappa shape index (κ3) is 3.36. The van der Waals surface area contributed by atoms with Crippen LogP contribution in [0.5, 0.6) is 11.5 Å². The lowest BCUT2D eigenvalue weighted by Crippen LogP contribution is -2.38. The number of likely N-dealkylation sites (tertiary alicyclic amines) is 1. The average molecular weight is 295 g/mol. The van der Waals surface area contributed by atoms with Gasteiger partial charge in [-0.1, -0.05) is 18.5 Å². The molecule has 4 nitrogen and oxygen atoms in total. The molecule has 108 valence electrons. The minimum atomic E-state index is 0.150. The van der Waals surface area contributed by atoms with Gasteiger partial charge in [-0.15, -0.1) is 0 Å². The zero-order chi connectivity index (χ0) is 14.5. The quantitative estimate of drug-likeness (QED) is 0.856. The number of benzene rings is 1. The standard InChI is InChI=1S/C15H19ClN2O2/c1-3-18-6-4-12(5-7-18)20-15-13(16)8-11(10-17)9-14(15)19-2/h8-9,12H,3-7H2,1-2H3. The molecule has 0 unspecified atom stereocenters. The molecule has 0 atom stereocenters. The highest BCUT2D eigenvalue weighted by molar-refractivity contribution is 6.32. The molecule has 1 fully saturated rings. The van der Waals surface area contributed by atoms with Crippen molar-refractivity contribution >= 4 is 11.6 Å². The van der Waals surface area contributed by atoms with Crippen LogP contribution in [0, 0.1) is 11.3 Å². The summed E-state index contributed by atoms with van der Waals surface area (Å²) in [5.41, 5.74) is 0.472. The molecule has 0 saturated carbocycles. The van der Waals surface area contributed by atoms with E-state index < -0.39 is 0 Å². The van der Waals surface area contributed by atoms with Gasteiger partial charge in [0.05, 0.1) is 23.8 Å². The van der Waals surface area contributed by atoms with E-state index in [-0.39, 0.29) is 6.10 Å². The van der Waals surface area contributed by atoms with Gasteiger partial charge in [0.2, 0.25) is 0 Å². The average Bonchev–Trinajstić information content (AvgIpc) is 2.49. The van der Waals surface area contributed by atoms with Crippen molar-refractivity contribution in [3.8, 4) is 17.6 Å². The van der Waals surface area contributed by atoms with E-state index >= 15 is 0 Å². The minimum absolute atomic E-state index is 0.150. The first kappa shape index (κ1) is 15.0. The molecule has 1 aliphatic heterocycles. The molecule has 0 amide bonds. The second kappa shape index (κ2) is 6.83.